The van der Waals surface area contributed by atoms with Crippen molar-refractivity contribution in [3.63, 3.8) is 0 Å². The molecule has 0 heterocycles. The maximum Gasteiger partial charge on any atom is 0.220 e. The number of benzene rings is 2. The van der Waals surface area contributed by atoms with Crippen molar-refractivity contribution in [3.05, 3.63) is 65.7 Å². The fraction of sp³-hybridized carbons (Fsp3) is 0.350. The molecule has 128 valence electrons. The summed E-state index contributed by atoms with van der Waals surface area (Å²) < 4.78 is 0. The zero-order valence-electron chi connectivity index (χ0n) is 14.5. The first-order valence-corrected chi connectivity index (χ1v) is 8.46. The molecule has 24 heavy (non-hydrogen) atoms. The van der Waals surface area contributed by atoms with Gasteiger partial charge in [-0.05, 0) is 11.6 Å². The van der Waals surface area contributed by atoms with Crippen LogP contribution in [0.25, 0.3) is 0 Å². The van der Waals surface area contributed by atoms with Crippen LogP contribution in [0.4, 0.5) is 0 Å². The predicted octanol–water partition coefficient (Wildman–Crippen LogP) is 1.57. The van der Waals surface area contributed by atoms with Crippen LogP contribution in [0.3, 0.4) is 0 Å². The van der Waals surface area contributed by atoms with E-state index < -0.39 is 0 Å². The quantitative estimate of drug-likeness (QED) is 0.645. The lowest BCUT2D eigenvalue weighted by molar-refractivity contribution is -0.858. The Balaban J connectivity index is 2.07. The van der Waals surface area contributed by atoms with Gasteiger partial charge in [-0.3, -0.25) is 4.79 Å². The van der Waals surface area contributed by atoms with E-state index >= 15 is 0 Å². The molecule has 0 aliphatic rings. The van der Waals surface area contributed by atoms with Crippen LogP contribution in [0.1, 0.15) is 29.9 Å². The van der Waals surface area contributed by atoms with Crippen LogP contribution in [0.2, 0.25) is 0 Å². The minimum absolute atomic E-state index is 0.0147. The molecule has 2 aromatic carbocycles. The van der Waals surface area contributed by atoms with E-state index in [9.17, 15) is 9.90 Å². The van der Waals surface area contributed by atoms with Crippen LogP contribution in [-0.2, 0) is 4.79 Å². The Bertz CT molecular complexity index is 641. The highest BCUT2D eigenvalue weighted by molar-refractivity contribution is 5.77. The van der Waals surface area contributed by atoms with Gasteiger partial charge in [-0.2, -0.15) is 0 Å². The Labute approximate surface area is 144 Å². The standard InChI is InChI=1S/C20H26N2O2/c1-22(2)14-8-13-21-20(24)15-18(16-9-4-3-5-10-16)17-11-6-7-12-19(17)23/h3-7,9-12,18,23H,8,13-15H2,1-2H3,(H,21,24)/p+1/t18-/m0/s1. The van der Waals surface area contributed by atoms with Gasteiger partial charge in [0, 0.05) is 30.9 Å². The van der Waals surface area contributed by atoms with E-state index in [1.165, 1.54) is 4.90 Å². The normalized spacial score (nSPS) is 12.1. The lowest BCUT2D eigenvalue weighted by Crippen LogP contribution is -3.05. The minimum atomic E-state index is -0.146. The van der Waals surface area contributed by atoms with Crippen LogP contribution in [0, 0.1) is 0 Å². The number of quaternary nitrogens is 1. The summed E-state index contributed by atoms with van der Waals surface area (Å²) in [4.78, 5) is 13.7. The molecule has 0 saturated carbocycles. The van der Waals surface area contributed by atoms with Crippen molar-refractivity contribution in [2.24, 2.45) is 0 Å². The number of hydrogen-bond acceptors (Lipinski definition) is 2. The van der Waals surface area contributed by atoms with Gasteiger partial charge in [0.2, 0.25) is 5.91 Å². The molecule has 4 nitrogen and oxygen atoms in total. The average molecular weight is 327 g/mol. The molecular formula is C20H27N2O2+. The molecule has 2 aromatic rings. The number of para-hydroxylation sites is 1. The number of aromatic hydroxyl groups is 1. The third kappa shape index (κ3) is 5.39. The van der Waals surface area contributed by atoms with Crippen molar-refractivity contribution in [2.45, 2.75) is 18.8 Å². The second-order valence-electron chi connectivity index (χ2n) is 6.39. The number of phenolic OH excluding ortho intramolecular Hbond substituents is 1. The monoisotopic (exact) mass is 327 g/mol. The number of phenols is 1. The first-order valence-electron chi connectivity index (χ1n) is 8.46. The molecule has 1 atom stereocenters. The topological polar surface area (TPSA) is 53.8 Å². The maximum absolute atomic E-state index is 12.4. The Morgan fingerprint density at radius 1 is 1.08 bits per heavy atom. The van der Waals surface area contributed by atoms with Crippen LogP contribution in [0.15, 0.2) is 54.6 Å². The lowest BCUT2D eigenvalue weighted by Gasteiger charge is -2.19. The summed E-state index contributed by atoms with van der Waals surface area (Å²) >= 11 is 0. The zero-order valence-corrected chi connectivity index (χ0v) is 14.5. The molecule has 0 saturated heterocycles. The molecule has 0 aliphatic carbocycles. The summed E-state index contributed by atoms with van der Waals surface area (Å²) in [7, 11) is 4.21. The van der Waals surface area contributed by atoms with E-state index in [0.717, 1.165) is 24.1 Å². The SMILES string of the molecule is C[NH+](C)CCCNC(=O)C[C@@H](c1ccccc1)c1ccccc1O. The number of carbonyl (C=O) groups is 1. The van der Waals surface area contributed by atoms with Crippen LogP contribution >= 0.6 is 0 Å². The van der Waals surface area contributed by atoms with E-state index in [0.29, 0.717) is 13.0 Å². The van der Waals surface area contributed by atoms with Crippen LogP contribution in [0.5, 0.6) is 5.75 Å². The molecule has 0 fully saturated rings. The largest absolute Gasteiger partial charge is 0.508 e. The number of nitrogens with one attached hydrogen (secondary N) is 2. The molecule has 0 radical (unpaired) electrons. The van der Waals surface area contributed by atoms with E-state index in [-0.39, 0.29) is 17.6 Å². The van der Waals surface area contributed by atoms with E-state index in [2.05, 4.69) is 19.4 Å². The van der Waals surface area contributed by atoms with Gasteiger partial charge in [0.25, 0.3) is 0 Å². The molecule has 0 spiro atoms. The van der Waals surface area contributed by atoms with Crippen molar-refractivity contribution in [3.8, 4) is 5.75 Å². The fourth-order valence-electron chi connectivity index (χ4n) is 2.80. The smallest absolute Gasteiger partial charge is 0.220 e. The highest BCUT2D eigenvalue weighted by atomic mass is 16.3. The van der Waals surface area contributed by atoms with Crippen molar-refractivity contribution in [1.82, 2.24) is 5.32 Å². The minimum Gasteiger partial charge on any atom is -0.508 e. The number of amides is 1. The molecule has 3 N–H and O–H groups in total. The lowest BCUT2D eigenvalue weighted by atomic mass is 9.87. The van der Waals surface area contributed by atoms with Gasteiger partial charge in [-0.25, -0.2) is 0 Å². The summed E-state index contributed by atoms with van der Waals surface area (Å²) in [6, 6.07) is 17.1. The first-order chi connectivity index (χ1) is 11.6. The molecular weight excluding hydrogens is 300 g/mol. The number of hydrogen-bond donors (Lipinski definition) is 3. The van der Waals surface area contributed by atoms with Gasteiger partial charge < -0.3 is 15.3 Å². The van der Waals surface area contributed by atoms with E-state index in [4.69, 9.17) is 0 Å². The summed E-state index contributed by atoms with van der Waals surface area (Å²) in [5.41, 5.74) is 1.82. The van der Waals surface area contributed by atoms with E-state index in [1.54, 1.807) is 12.1 Å². The second-order valence-corrected chi connectivity index (χ2v) is 6.39. The summed E-state index contributed by atoms with van der Waals surface area (Å²) in [5.74, 6) is 0.100. The molecule has 0 aliphatic heterocycles. The Morgan fingerprint density at radius 2 is 1.75 bits per heavy atom. The Hall–Kier alpha value is -2.33. The zero-order chi connectivity index (χ0) is 17.4. The van der Waals surface area contributed by atoms with Gasteiger partial charge in [0.1, 0.15) is 5.75 Å². The third-order valence-corrected chi connectivity index (χ3v) is 4.08. The molecule has 0 aromatic heterocycles. The van der Waals surface area contributed by atoms with Gasteiger partial charge in [0.05, 0.1) is 20.6 Å². The van der Waals surface area contributed by atoms with Crippen molar-refractivity contribution in [2.75, 3.05) is 27.2 Å². The average Bonchev–Trinajstić information content (AvgIpc) is 2.58. The number of carbonyl (C=O) groups excluding carboxylic acids is 1. The molecule has 1 amide bonds. The van der Waals surface area contributed by atoms with E-state index in [1.807, 2.05) is 42.5 Å². The summed E-state index contributed by atoms with van der Waals surface area (Å²) in [6.07, 6.45) is 1.29. The fourth-order valence-corrected chi connectivity index (χ4v) is 2.80. The Kier molecular flexibility index (Phi) is 6.82. The van der Waals surface area contributed by atoms with Crippen molar-refractivity contribution in [1.29, 1.82) is 0 Å². The van der Waals surface area contributed by atoms with Gasteiger partial charge >= 0.3 is 0 Å². The second kappa shape index (κ2) is 9.08. The highest BCUT2D eigenvalue weighted by Crippen LogP contribution is 2.33. The molecule has 0 bridgehead atoms. The molecule has 4 heteroatoms. The summed E-state index contributed by atoms with van der Waals surface area (Å²) in [6.45, 7) is 1.72. The van der Waals surface area contributed by atoms with Crippen LogP contribution in [-0.4, -0.2) is 38.2 Å². The van der Waals surface area contributed by atoms with Crippen molar-refractivity contribution >= 4 is 5.91 Å². The summed E-state index contributed by atoms with van der Waals surface area (Å²) in [5, 5.41) is 13.2. The highest BCUT2D eigenvalue weighted by Gasteiger charge is 2.20. The third-order valence-electron chi connectivity index (χ3n) is 4.08. The van der Waals surface area contributed by atoms with Crippen LogP contribution < -0.4 is 10.2 Å². The number of rotatable bonds is 8. The predicted molar refractivity (Wildman–Crippen MR) is 96.3 cm³/mol. The van der Waals surface area contributed by atoms with Gasteiger partial charge in [0.15, 0.2) is 0 Å². The van der Waals surface area contributed by atoms with Gasteiger partial charge in [-0.15, -0.1) is 0 Å². The maximum atomic E-state index is 12.4. The molecule has 0 unspecified atom stereocenters. The molecule has 2 rings (SSSR count). The van der Waals surface area contributed by atoms with Crippen molar-refractivity contribution < 1.29 is 14.8 Å². The van der Waals surface area contributed by atoms with Gasteiger partial charge in [-0.1, -0.05) is 48.5 Å². The Morgan fingerprint density at radius 3 is 2.42 bits per heavy atom. The first kappa shape index (κ1) is 18.0.